The van der Waals surface area contributed by atoms with E-state index in [4.69, 9.17) is 4.74 Å². The maximum atomic E-state index is 12.4. The highest BCUT2D eigenvalue weighted by atomic mass is 32.2. The molecule has 1 aromatic heterocycles. The molecule has 2 heterocycles. The predicted molar refractivity (Wildman–Crippen MR) is 101 cm³/mol. The van der Waals surface area contributed by atoms with Crippen LogP contribution in [0.25, 0.3) is 5.69 Å². The number of esters is 1. The van der Waals surface area contributed by atoms with Crippen molar-refractivity contribution in [2.75, 3.05) is 18.9 Å². The molecule has 1 amide bonds. The molecule has 1 aromatic carbocycles. The van der Waals surface area contributed by atoms with Crippen molar-refractivity contribution in [1.29, 1.82) is 0 Å². The van der Waals surface area contributed by atoms with Gasteiger partial charge in [-0.05, 0) is 32.9 Å². The first-order valence-corrected chi connectivity index (χ1v) is 9.76. The van der Waals surface area contributed by atoms with E-state index in [1.54, 1.807) is 23.6 Å². The van der Waals surface area contributed by atoms with Gasteiger partial charge in [0.25, 0.3) is 0 Å². The van der Waals surface area contributed by atoms with E-state index < -0.39 is 0 Å². The Morgan fingerprint density at radius 1 is 1.31 bits per heavy atom. The third-order valence-electron chi connectivity index (χ3n) is 4.43. The second kappa shape index (κ2) is 7.95. The molecular formula is C19H23N3O3S. The van der Waals surface area contributed by atoms with E-state index in [0.717, 1.165) is 22.6 Å². The number of carbonyl (C=O) groups is 2. The van der Waals surface area contributed by atoms with Crippen molar-refractivity contribution in [2.24, 2.45) is 0 Å². The maximum Gasteiger partial charge on any atom is 0.307 e. The number of nitrogens with zero attached hydrogens (tertiary/aromatic N) is 3. The Kier molecular flexibility index (Phi) is 5.66. The summed E-state index contributed by atoms with van der Waals surface area (Å²) in [6.45, 7) is 6.49. The van der Waals surface area contributed by atoms with E-state index in [1.165, 1.54) is 0 Å². The van der Waals surface area contributed by atoms with Crippen LogP contribution in [-0.4, -0.2) is 45.5 Å². The van der Waals surface area contributed by atoms with E-state index in [-0.39, 0.29) is 23.7 Å². The highest BCUT2D eigenvalue weighted by Gasteiger charge is 2.36. The molecule has 3 rings (SSSR count). The fraction of sp³-hybridized carbons (Fsp3) is 0.421. The van der Waals surface area contributed by atoms with Crippen LogP contribution in [0, 0.1) is 13.8 Å². The van der Waals surface area contributed by atoms with Gasteiger partial charge in [-0.3, -0.25) is 9.59 Å². The first-order chi connectivity index (χ1) is 12.5. The van der Waals surface area contributed by atoms with Crippen LogP contribution in [0.3, 0.4) is 0 Å². The van der Waals surface area contributed by atoms with Gasteiger partial charge < -0.3 is 9.64 Å². The van der Waals surface area contributed by atoms with Gasteiger partial charge in [0.05, 0.1) is 30.2 Å². The molecule has 1 aliphatic heterocycles. The number of hydrogen-bond donors (Lipinski definition) is 0. The summed E-state index contributed by atoms with van der Waals surface area (Å²) in [5.74, 6) is 0.197. The largest absolute Gasteiger partial charge is 0.466 e. The molecule has 0 N–H and O–H groups in total. The lowest BCUT2D eigenvalue weighted by atomic mass is 10.1. The van der Waals surface area contributed by atoms with E-state index in [9.17, 15) is 9.59 Å². The first kappa shape index (κ1) is 18.5. The standard InChI is InChI=1S/C19H23N3O3S/c1-4-25-17(24)10-11-21-16(23)12-26-19(21)18-13(2)20-22(14(18)3)15-8-6-5-7-9-15/h5-9,19H,4,10-12H2,1-3H3. The monoisotopic (exact) mass is 373 g/mol. The number of para-hydroxylation sites is 1. The Labute approximate surface area is 157 Å². The lowest BCUT2D eigenvalue weighted by Gasteiger charge is -2.24. The van der Waals surface area contributed by atoms with Crippen LogP contribution in [0.5, 0.6) is 0 Å². The van der Waals surface area contributed by atoms with Crippen LogP contribution >= 0.6 is 11.8 Å². The molecule has 1 fully saturated rings. The van der Waals surface area contributed by atoms with E-state index >= 15 is 0 Å². The molecule has 138 valence electrons. The second-order valence-corrected chi connectivity index (χ2v) is 7.21. The van der Waals surface area contributed by atoms with Gasteiger partial charge >= 0.3 is 5.97 Å². The summed E-state index contributed by atoms with van der Waals surface area (Å²) < 4.78 is 6.90. The van der Waals surface area contributed by atoms with Crippen LogP contribution in [0.4, 0.5) is 0 Å². The SMILES string of the molecule is CCOC(=O)CCN1C(=O)CSC1c1c(C)nn(-c2ccccc2)c1C. The normalized spacial score (nSPS) is 17.0. The van der Waals surface area contributed by atoms with Gasteiger partial charge in [0.2, 0.25) is 5.91 Å². The Hall–Kier alpha value is -2.28. The highest BCUT2D eigenvalue weighted by Crippen LogP contribution is 2.41. The van der Waals surface area contributed by atoms with Gasteiger partial charge in [-0.2, -0.15) is 5.10 Å². The number of aryl methyl sites for hydroxylation is 1. The molecular weight excluding hydrogens is 350 g/mol. The fourth-order valence-corrected chi connectivity index (χ4v) is 4.59. The van der Waals surface area contributed by atoms with Crippen molar-refractivity contribution >= 4 is 23.6 Å². The number of amides is 1. The summed E-state index contributed by atoms with van der Waals surface area (Å²) in [6.07, 6.45) is 0.210. The number of rotatable bonds is 6. The van der Waals surface area contributed by atoms with Gasteiger partial charge in [0, 0.05) is 17.8 Å². The van der Waals surface area contributed by atoms with E-state index in [0.29, 0.717) is 18.9 Å². The van der Waals surface area contributed by atoms with Crippen molar-refractivity contribution in [2.45, 2.75) is 32.6 Å². The number of thioether (sulfide) groups is 1. The smallest absolute Gasteiger partial charge is 0.307 e. The molecule has 1 saturated heterocycles. The van der Waals surface area contributed by atoms with Gasteiger partial charge in [-0.1, -0.05) is 18.2 Å². The number of aromatic nitrogens is 2. The lowest BCUT2D eigenvalue weighted by molar-refractivity contribution is -0.143. The molecule has 7 heteroatoms. The minimum atomic E-state index is -0.274. The summed E-state index contributed by atoms with van der Waals surface area (Å²) in [5.41, 5.74) is 3.96. The van der Waals surface area contributed by atoms with Crippen LogP contribution in [0.15, 0.2) is 30.3 Å². The number of benzene rings is 1. The topological polar surface area (TPSA) is 64.4 Å². The summed E-state index contributed by atoms with van der Waals surface area (Å²) in [7, 11) is 0. The zero-order valence-corrected chi connectivity index (χ0v) is 16.1. The highest BCUT2D eigenvalue weighted by molar-refractivity contribution is 8.00. The number of ether oxygens (including phenoxy) is 1. The molecule has 1 unspecified atom stereocenters. The van der Waals surface area contributed by atoms with Crippen LogP contribution < -0.4 is 0 Å². The average molecular weight is 373 g/mol. The Morgan fingerprint density at radius 2 is 2.04 bits per heavy atom. The molecule has 1 aliphatic rings. The molecule has 0 bridgehead atoms. The third kappa shape index (κ3) is 3.62. The fourth-order valence-electron chi connectivity index (χ4n) is 3.21. The predicted octanol–water partition coefficient (Wildman–Crippen LogP) is 3.02. The zero-order chi connectivity index (χ0) is 18.7. The van der Waals surface area contributed by atoms with Gasteiger partial charge in [-0.25, -0.2) is 4.68 Å². The van der Waals surface area contributed by atoms with Crippen molar-refractivity contribution in [3.63, 3.8) is 0 Å². The molecule has 0 spiro atoms. The minimum absolute atomic E-state index is 0.0514. The minimum Gasteiger partial charge on any atom is -0.466 e. The summed E-state index contributed by atoms with van der Waals surface area (Å²) in [6, 6.07) is 9.94. The maximum absolute atomic E-state index is 12.4. The molecule has 1 atom stereocenters. The summed E-state index contributed by atoms with van der Waals surface area (Å²) >= 11 is 1.58. The molecule has 26 heavy (non-hydrogen) atoms. The number of hydrogen-bond acceptors (Lipinski definition) is 5. The van der Waals surface area contributed by atoms with E-state index in [2.05, 4.69) is 5.10 Å². The summed E-state index contributed by atoms with van der Waals surface area (Å²) in [5, 5.41) is 4.57. The van der Waals surface area contributed by atoms with E-state index in [1.807, 2.05) is 48.9 Å². The van der Waals surface area contributed by atoms with Crippen LogP contribution in [0.1, 0.15) is 35.7 Å². The van der Waals surface area contributed by atoms with Gasteiger partial charge in [0.1, 0.15) is 5.37 Å². The Bertz CT molecular complexity index is 804. The molecule has 0 saturated carbocycles. The lowest BCUT2D eigenvalue weighted by Crippen LogP contribution is -2.31. The average Bonchev–Trinajstić information content (AvgIpc) is 3.13. The molecule has 6 nitrogen and oxygen atoms in total. The zero-order valence-electron chi connectivity index (χ0n) is 15.3. The van der Waals surface area contributed by atoms with Gasteiger partial charge in [0.15, 0.2) is 0 Å². The van der Waals surface area contributed by atoms with Crippen LogP contribution in [-0.2, 0) is 14.3 Å². The number of carbonyl (C=O) groups excluding carboxylic acids is 2. The quantitative estimate of drug-likeness (QED) is 0.728. The van der Waals surface area contributed by atoms with Crippen molar-refractivity contribution in [3.05, 3.63) is 47.3 Å². The van der Waals surface area contributed by atoms with Crippen molar-refractivity contribution in [3.8, 4) is 5.69 Å². The molecule has 2 aromatic rings. The first-order valence-electron chi connectivity index (χ1n) is 8.71. The third-order valence-corrected chi connectivity index (χ3v) is 5.64. The Morgan fingerprint density at radius 3 is 2.73 bits per heavy atom. The molecule has 0 aliphatic carbocycles. The summed E-state index contributed by atoms with van der Waals surface area (Å²) in [4.78, 5) is 25.8. The molecule has 0 radical (unpaired) electrons. The van der Waals surface area contributed by atoms with Crippen molar-refractivity contribution in [1.82, 2.24) is 14.7 Å². The van der Waals surface area contributed by atoms with Crippen molar-refractivity contribution < 1.29 is 14.3 Å². The van der Waals surface area contributed by atoms with Gasteiger partial charge in [-0.15, -0.1) is 11.8 Å². The second-order valence-electron chi connectivity index (χ2n) is 6.14. The van der Waals surface area contributed by atoms with Crippen LogP contribution in [0.2, 0.25) is 0 Å². The Balaban J connectivity index is 1.86.